The molecular formula is C25H46O7Si. The van der Waals surface area contributed by atoms with Crippen molar-refractivity contribution < 1.29 is 33.2 Å². The lowest BCUT2D eigenvalue weighted by molar-refractivity contribution is -0.341. The maximum Gasteiger partial charge on any atom is 0.192 e. The van der Waals surface area contributed by atoms with Gasteiger partial charge in [0.05, 0.1) is 43.7 Å². The molecule has 1 N–H and O–H groups in total. The predicted octanol–water partition coefficient (Wildman–Crippen LogP) is 3.74. The molecule has 2 bridgehead atoms. The molecule has 2 spiro atoms. The maximum atomic E-state index is 10.7. The van der Waals surface area contributed by atoms with Crippen LogP contribution in [0.4, 0.5) is 0 Å². The van der Waals surface area contributed by atoms with Crippen molar-refractivity contribution in [3.05, 3.63) is 0 Å². The quantitative estimate of drug-likeness (QED) is 0.593. The minimum atomic E-state index is -2.22. The molecule has 2 saturated heterocycles. The maximum absolute atomic E-state index is 10.7. The van der Waals surface area contributed by atoms with Crippen molar-refractivity contribution in [3.63, 3.8) is 0 Å². The lowest BCUT2D eigenvalue weighted by Crippen LogP contribution is -2.77. The van der Waals surface area contributed by atoms with Crippen LogP contribution in [-0.2, 0) is 28.1 Å². The van der Waals surface area contributed by atoms with Gasteiger partial charge in [0.1, 0.15) is 5.60 Å². The number of fused-ring (bicyclic) bond motifs is 1. The molecule has 4 aliphatic rings. The zero-order chi connectivity index (χ0) is 24.7. The average molecular weight is 487 g/mol. The van der Waals surface area contributed by atoms with Crippen LogP contribution in [-0.4, -0.2) is 82.8 Å². The number of hydrogen-bond acceptors (Lipinski definition) is 7. The average Bonchev–Trinajstić information content (AvgIpc) is 3.29. The molecule has 0 aromatic heterocycles. The molecule has 2 aliphatic carbocycles. The van der Waals surface area contributed by atoms with Crippen LogP contribution in [0.15, 0.2) is 0 Å². The summed E-state index contributed by atoms with van der Waals surface area (Å²) < 4.78 is 39.5. The van der Waals surface area contributed by atoms with Crippen molar-refractivity contribution >= 4 is 8.32 Å². The molecule has 0 radical (unpaired) electrons. The summed E-state index contributed by atoms with van der Waals surface area (Å²) in [5.74, 6) is -1.02. The highest BCUT2D eigenvalue weighted by molar-refractivity contribution is 6.74. The third-order valence-corrected chi connectivity index (χ3v) is 14.6. The number of rotatable bonds is 5. The topological polar surface area (TPSA) is 75.6 Å². The predicted molar refractivity (Wildman–Crippen MR) is 128 cm³/mol. The summed E-state index contributed by atoms with van der Waals surface area (Å²) in [5.41, 5.74) is -2.02. The van der Waals surface area contributed by atoms with Crippen LogP contribution in [0.1, 0.15) is 54.4 Å². The molecule has 0 aromatic carbocycles. The summed E-state index contributed by atoms with van der Waals surface area (Å²) in [7, 11) is 1.28. The standard InChI is InChI=1S/C25H46O7Si/c1-16-24(29-13-14-30-24)12-11-22(5)20(28-8)18(27-7)17-19(31-33(9,10)21(2,3)4)25(16,22)32-23(17,6)15-26/h16-20,26H,11-15H2,1-10H3/t16-,17-,18-,19-,20-,22+,23+,25-/m0/s1. The summed E-state index contributed by atoms with van der Waals surface area (Å²) in [6, 6.07) is 0. The van der Waals surface area contributed by atoms with Crippen LogP contribution in [0.2, 0.25) is 18.1 Å². The first-order chi connectivity index (χ1) is 15.2. The van der Waals surface area contributed by atoms with Gasteiger partial charge >= 0.3 is 0 Å². The minimum absolute atomic E-state index is 0.0196. The van der Waals surface area contributed by atoms with Crippen molar-refractivity contribution in [2.75, 3.05) is 34.0 Å². The number of methoxy groups -OCH3 is 2. The van der Waals surface area contributed by atoms with E-state index in [4.69, 9.17) is 28.1 Å². The van der Waals surface area contributed by atoms with Crippen LogP contribution in [0, 0.1) is 17.3 Å². The van der Waals surface area contributed by atoms with Gasteiger partial charge in [0, 0.05) is 37.9 Å². The van der Waals surface area contributed by atoms with Crippen molar-refractivity contribution in [3.8, 4) is 0 Å². The Hall–Kier alpha value is -0.0631. The van der Waals surface area contributed by atoms with Gasteiger partial charge in [-0.15, -0.1) is 0 Å². The van der Waals surface area contributed by atoms with Gasteiger partial charge in [-0.1, -0.05) is 34.6 Å². The zero-order valence-corrected chi connectivity index (χ0v) is 23.3. The Kier molecular flexibility index (Phi) is 6.28. The van der Waals surface area contributed by atoms with Crippen LogP contribution in [0.5, 0.6) is 0 Å². The molecule has 8 atom stereocenters. The third-order valence-electron chi connectivity index (χ3n) is 10.2. The van der Waals surface area contributed by atoms with E-state index in [2.05, 4.69) is 47.7 Å². The van der Waals surface area contributed by atoms with E-state index in [0.29, 0.717) is 13.2 Å². The smallest absolute Gasteiger partial charge is 0.192 e. The monoisotopic (exact) mass is 486 g/mol. The molecule has 33 heavy (non-hydrogen) atoms. The van der Waals surface area contributed by atoms with Crippen LogP contribution < -0.4 is 0 Å². The summed E-state index contributed by atoms with van der Waals surface area (Å²) in [4.78, 5) is 0. The van der Waals surface area contributed by atoms with Crippen molar-refractivity contribution in [1.82, 2.24) is 0 Å². The van der Waals surface area contributed by atoms with Crippen LogP contribution in [0.3, 0.4) is 0 Å². The second kappa shape index (κ2) is 7.97. The van der Waals surface area contributed by atoms with Crippen LogP contribution in [0.25, 0.3) is 0 Å². The van der Waals surface area contributed by atoms with E-state index >= 15 is 0 Å². The Morgan fingerprint density at radius 2 is 1.61 bits per heavy atom. The van der Waals surface area contributed by atoms with E-state index in [-0.39, 0.29) is 41.8 Å². The molecule has 4 fully saturated rings. The highest BCUT2D eigenvalue weighted by atomic mass is 28.4. The van der Waals surface area contributed by atoms with E-state index in [0.717, 1.165) is 12.8 Å². The molecule has 4 rings (SSSR count). The number of ether oxygens (including phenoxy) is 5. The second-order valence-electron chi connectivity index (χ2n) is 12.7. The molecule has 0 amide bonds. The lowest BCUT2D eigenvalue weighted by atomic mass is 9.48. The number of aliphatic hydroxyl groups excluding tert-OH is 1. The Bertz CT molecular complexity index is 748. The fraction of sp³-hybridized carbons (Fsp3) is 1.00. The summed E-state index contributed by atoms with van der Waals surface area (Å²) in [6.07, 6.45) is 0.799. The van der Waals surface area contributed by atoms with E-state index in [9.17, 15) is 5.11 Å². The van der Waals surface area contributed by atoms with E-state index < -0.39 is 30.7 Å². The van der Waals surface area contributed by atoms with Gasteiger partial charge in [-0.05, 0) is 31.5 Å². The summed E-state index contributed by atoms with van der Waals surface area (Å²) in [5, 5.41) is 10.7. The highest BCUT2D eigenvalue weighted by Crippen LogP contribution is 2.70. The van der Waals surface area contributed by atoms with Crippen molar-refractivity contribution in [2.45, 2.75) is 108 Å². The lowest BCUT2D eigenvalue weighted by Gasteiger charge is -2.65. The molecule has 0 unspecified atom stereocenters. The van der Waals surface area contributed by atoms with Crippen molar-refractivity contribution in [2.24, 2.45) is 17.3 Å². The first-order valence-corrected chi connectivity index (χ1v) is 15.4. The second-order valence-corrected chi connectivity index (χ2v) is 17.5. The number of aliphatic hydroxyl groups is 1. The Labute approximate surface area is 200 Å². The third kappa shape index (κ3) is 3.24. The Morgan fingerprint density at radius 1 is 1.00 bits per heavy atom. The minimum Gasteiger partial charge on any atom is -0.410 e. The van der Waals surface area contributed by atoms with Gasteiger partial charge in [0.25, 0.3) is 0 Å². The molecule has 2 heterocycles. The fourth-order valence-electron chi connectivity index (χ4n) is 7.30. The van der Waals surface area contributed by atoms with Gasteiger partial charge in [0.15, 0.2) is 14.1 Å². The van der Waals surface area contributed by atoms with Gasteiger partial charge < -0.3 is 33.2 Å². The molecule has 8 heteroatoms. The molecule has 192 valence electrons. The van der Waals surface area contributed by atoms with Gasteiger partial charge in [-0.2, -0.15) is 0 Å². The summed E-state index contributed by atoms with van der Waals surface area (Å²) >= 11 is 0. The van der Waals surface area contributed by atoms with Crippen LogP contribution >= 0.6 is 0 Å². The van der Waals surface area contributed by atoms with Gasteiger partial charge in [-0.25, -0.2) is 0 Å². The largest absolute Gasteiger partial charge is 0.410 e. The molecular weight excluding hydrogens is 440 g/mol. The zero-order valence-electron chi connectivity index (χ0n) is 22.3. The van der Waals surface area contributed by atoms with Gasteiger partial charge in [0.2, 0.25) is 0 Å². The van der Waals surface area contributed by atoms with E-state index in [1.165, 1.54) is 0 Å². The molecule has 7 nitrogen and oxygen atoms in total. The normalized spacial score (nSPS) is 47.2. The van der Waals surface area contributed by atoms with E-state index in [1.807, 2.05) is 6.92 Å². The Balaban J connectivity index is 1.95. The SMILES string of the molecule is CO[C@H]1[C@H]2[C@H](O[Si](C)(C)C(C)(C)C)[C@@]3(O[C@]2(C)CO)[C@@H](C)C2(CC[C@]3(C)[C@H]1OC)OCCO2. The summed E-state index contributed by atoms with van der Waals surface area (Å²) in [6.45, 7) is 18.8. The van der Waals surface area contributed by atoms with E-state index in [1.54, 1.807) is 14.2 Å². The Morgan fingerprint density at radius 3 is 2.09 bits per heavy atom. The molecule has 0 aromatic rings. The van der Waals surface area contributed by atoms with Gasteiger partial charge in [-0.3, -0.25) is 0 Å². The molecule has 2 aliphatic heterocycles. The fourth-order valence-corrected chi connectivity index (χ4v) is 8.61. The first-order valence-electron chi connectivity index (χ1n) is 12.5. The highest BCUT2D eigenvalue weighted by Gasteiger charge is 2.82. The van der Waals surface area contributed by atoms with Crippen molar-refractivity contribution in [1.29, 1.82) is 0 Å². The number of hydrogen-bond donors (Lipinski definition) is 1. The molecule has 2 saturated carbocycles. The first kappa shape index (κ1) is 26.0.